The maximum atomic E-state index is 4.30. The Morgan fingerprint density at radius 1 is 0.963 bits per heavy atom. The fourth-order valence-electron chi connectivity index (χ4n) is 3.11. The summed E-state index contributed by atoms with van der Waals surface area (Å²) in [5.41, 5.74) is 6.31. The van der Waals surface area contributed by atoms with Gasteiger partial charge in [-0.05, 0) is 36.5 Å². The molecule has 0 radical (unpaired) electrons. The average Bonchev–Trinajstić information content (AvgIpc) is 2.66. The Morgan fingerprint density at radius 3 is 2.11 bits per heavy atom. The predicted octanol–water partition coefficient (Wildman–Crippen LogP) is 5.48. The quantitative estimate of drug-likeness (QED) is 0.434. The number of rotatable bonds is 10. The maximum absolute atomic E-state index is 4.30. The van der Waals surface area contributed by atoms with E-state index in [0.29, 0.717) is 0 Å². The molecule has 2 rings (SSSR count). The summed E-state index contributed by atoms with van der Waals surface area (Å²) in [5.74, 6) is 0. The van der Waals surface area contributed by atoms with Crippen LogP contribution in [0.2, 0.25) is 0 Å². The first kappa shape index (κ1) is 20.3. The summed E-state index contributed by atoms with van der Waals surface area (Å²) in [4.78, 5) is 0. The van der Waals surface area contributed by atoms with E-state index in [0.717, 1.165) is 40.8 Å². The number of nitrogens with one attached hydrogen (secondary N) is 2. The molecule has 1 atom stereocenters. The second-order valence-electron chi connectivity index (χ2n) is 6.86. The molecule has 0 fully saturated rings. The highest BCUT2D eigenvalue weighted by atomic mass is 14.9. The van der Waals surface area contributed by atoms with Crippen molar-refractivity contribution in [3.05, 3.63) is 115 Å². The number of allylic oxidation sites excluding steroid dienone is 1. The molecule has 0 saturated heterocycles. The van der Waals surface area contributed by atoms with Gasteiger partial charge in [-0.2, -0.15) is 0 Å². The summed E-state index contributed by atoms with van der Waals surface area (Å²) >= 11 is 0. The van der Waals surface area contributed by atoms with Crippen molar-refractivity contribution in [2.24, 2.45) is 0 Å². The maximum Gasteiger partial charge on any atom is 0.0363 e. The topological polar surface area (TPSA) is 24.1 Å². The third kappa shape index (κ3) is 6.34. The Morgan fingerprint density at radius 2 is 1.56 bits per heavy atom. The van der Waals surface area contributed by atoms with Crippen molar-refractivity contribution in [1.29, 1.82) is 0 Å². The van der Waals surface area contributed by atoms with Gasteiger partial charge in [0.15, 0.2) is 0 Å². The molecule has 0 aliphatic heterocycles. The molecule has 2 aromatic carbocycles. The average molecular weight is 359 g/mol. The van der Waals surface area contributed by atoms with Gasteiger partial charge in [-0.3, -0.25) is 0 Å². The van der Waals surface area contributed by atoms with Gasteiger partial charge >= 0.3 is 0 Å². The van der Waals surface area contributed by atoms with E-state index in [2.05, 4.69) is 73.7 Å². The van der Waals surface area contributed by atoms with E-state index < -0.39 is 0 Å². The van der Waals surface area contributed by atoms with Gasteiger partial charge in [0.2, 0.25) is 0 Å². The van der Waals surface area contributed by atoms with Crippen LogP contribution in [0.4, 0.5) is 0 Å². The van der Waals surface area contributed by atoms with Crippen LogP contribution in [0.25, 0.3) is 5.57 Å². The molecule has 27 heavy (non-hydrogen) atoms. The Labute approximate surface area is 164 Å². The zero-order chi connectivity index (χ0) is 19.6. The lowest BCUT2D eigenvalue weighted by Crippen LogP contribution is -2.31. The third-order valence-corrected chi connectivity index (χ3v) is 4.36. The van der Waals surface area contributed by atoms with E-state index in [9.17, 15) is 0 Å². The van der Waals surface area contributed by atoms with Crippen LogP contribution >= 0.6 is 0 Å². The first-order chi connectivity index (χ1) is 13.0. The van der Waals surface area contributed by atoms with Crippen LogP contribution in [0.3, 0.4) is 0 Å². The van der Waals surface area contributed by atoms with Gasteiger partial charge in [0.1, 0.15) is 0 Å². The van der Waals surface area contributed by atoms with Gasteiger partial charge in [-0.25, -0.2) is 0 Å². The first-order valence-electron chi connectivity index (χ1n) is 9.27. The standard InChI is InChI=1S/C25H30N2/c1-19(2)16-24(17-22-12-8-6-9-13-22)27-21(4)25(18-26-5)20(3)23-14-10-7-11-15-23/h6-15,18,24,26-27H,1,3-4,16-17H2,2,5H3/b25-18+. The minimum absolute atomic E-state index is 0.223. The summed E-state index contributed by atoms with van der Waals surface area (Å²) in [5, 5.41) is 6.73. The molecule has 0 bridgehead atoms. The zero-order valence-corrected chi connectivity index (χ0v) is 16.5. The van der Waals surface area contributed by atoms with E-state index in [1.165, 1.54) is 5.56 Å². The highest BCUT2D eigenvalue weighted by molar-refractivity contribution is 5.81. The van der Waals surface area contributed by atoms with Crippen molar-refractivity contribution < 1.29 is 0 Å². The third-order valence-electron chi connectivity index (χ3n) is 4.36. The minimum Gasteiger partial charge on any atom is -0.393 e. The molecule has 2 aromatic rings. The Bertz CT molecular complexity index is 801. The van der Waals surface area contributed by atoms with Crippen LogP contribution in [0, 0.1) is 0 Å². The molecule has 0 spiro atoms. The lowest BCUT2D eigenvalue weighted by molar-refractivity contribution is 0.563. The van der Waals surface area contributed by atoms with Crippen LogP contribution in [0.1, 0.15) is 24.5 Å². The Kier molecular flexibility index (Phi) is 7.69. The zero-order valence-electron chi connectivity index (χ0n) is 16.5. The number of hydrogen-bond donors (Lipinski definition) is 2. The van der Waals surface area contributed by atoms with Crippen LogP contribution in [-0.4, -0.2) is 13.1 Å². The van der Waals surface area contributed by atoms with Gasteiger partial charge in [0.25, 0.3) is 0 Å². The molecule has 0 aromatic heterocycles. The highest BCUT2D eigenvalue weighted by Crippen LogP contribution is 2.25. The van der Waals surface area contributed by atoms with Crippen LogP contribution in [0.5, 0.6) is 0 Å². The van der Waals surface area contributed by atoms with Crippen molar-refractivity contribution in [1.82, 2.24) is 10.6 Å². The first-order valence-corrected chi connectivity index (χ1v) is 9.27. The fourth-order valence-corrected chi connectivity index (χ4v) is 3.11. The van der Waals surface area contributed by atoms with E-state index in [4.69, 9.17) is 0 Å². The lowest BCUT2D eigenvalue weighted by atomic mass is 9.96. The monoisotopic (exact) mass is 358 g/mol. The van der Waals surface area contributed by atoms with Gasteiger partial charge < -0.3 is 10.6 Å². The van der Waals surface area contributed by atoms with Crippen LogP contribution < -0.4 is 10.6 Å². The Hall–Kier alpha value is -3.00. The smallest absolute Gasteiger partial charge is 0.0363 e. The van der Waals surface area contributed by atoms with E-state index in [1.54, 1.807) is 0 Å². The highest BCUT2D eigenvalue weighted by Gasteiger charge is 2.15. The summed E-state index contributed by atoms with van der Waals surface area (Å²) < 4.78 is 0. The summed E-state index contributed by atoms with van der Waals surface area (Å²) in [7, 11) is 1.89. The van der Waals surface area contributed by atoms with Gasteiger partial charge in [0.05, 0.1) is 0 Å². The second kappa shape index (κ2) is 10.2. The van der Waals surface area contributed by atoms with Crippen molar-refractivity contribution in [2.75, 3.05) is 7.05 Å². The number of hydrogen-bond acceptors (Lipinski definition) is 2. The summed E-state index contributed by atoms with van der Waals surface area (Å²) in [6.07, 6.45) is 3.75. The Balaban J connectivity index is 2.18. The molecule has 0 aliphatic rings. The molecular formula is C25H30N2. The molecule has 0 aliphatic carbocycles. The molecule has 140 valence electrons. The van der Waals surface area contributed by atoms with Crippen molar-refractivity contribution in [3.8, 4) is 0 Å². The predicted molar refractivity (Wildman–Crippen MR) is 118 cm³/mol. The molecular weight excluding hydrogens is 328 g/mol. The van der Waals surface area contributed by atoms with Crippen LogP contribution in [0.15, 0.2) is 103 Å². The van der Waals surface area contributed by atoms with Gasteiger partial charge in [-0.15, -0.1) is 6.58 Å². The SMILES string of the molecule is C=C(C)CC(Cc1ccccc1)NC(=C)/C(=C/NC)C(=C)c1ccccc1. The van der Waals surface area contributed by atoms with E-state index in [-0.39, 0.29) is 6.04 Å². The molecule has 2 N–H and O–H groups in total. The van der Waals surface area contributed by atoms with E-state index in [1.807, 2.05) is 37.5 Å². The van der Waals surface area contributed by atoms with Crippen molar-refractivity contribution in [2.45, 2.75) is 25.8 Å². The van der Waals surface area contributed by atoms with Gasteiger partial charge in [-0.1, -0.05) is 79.4 Å². The van der Waals surface area contributed by atoms with E-state index >= 15 is 0 Å². The largest absolute Gasteiger partial charge is 0.393 e. The molecule has 1 unspecified atom stereocenters. The minimum atomic E-state index is 0.223. The molecule has 0 heterocycles. The lowest BCUT2D eigenvalue weighted by Gasteiger charge is -2.24. The van der Waals surface area contributed by atoms with Crippen molar-refractivity contribution in [3.63, 3.8) is 0 Å². The van der Waals surface area contributed by atoms with Crippen molar-refractivity contribution >= 4 is 5.57 Å². The fraction of sp³-hybridized carbons (Fsp3) is 0.200. The normalized spacial score (nSPS) is 12.1. The molecule has 2 heteroatoms. The van der Waals surface area contributed by atoms with Gasteiger partial charge in [0, 0.05) is 30.6 Å². The van der Waals surface area contributed by atoms with Crippen LogP contribution in [-0.2, 0) is 6.42 Å². The molecule has 0 amide bonds. The number of benzene rings is 2. The summed E-state index contributed by atoms with van der Waals surface area (Å²) in [6, 6.07) is 20.9. The second-order valence-corrected chi connectivity index (χ2v) is 6.86. The molecule has 2 nitrogen and oxygen atoms in total. The molecule has 0 saturated carbocycles. The summed E-state index contributed by atoms with van der Waals surface area (Å²) in [6.45, 7) is 14.7.